The van der Waals surface area contributed by atoms with E-state index in [1.165, 1.54) is 29.3 Å². The maximum atomic E-state index is 14.0. The van der Waals surface area contributed by atoms with Crippen molar-refractivity contribution in [3.05, 3.63) is 90.4 Å². The standard InChI is InChI=1S/C32H30ClFN8O3/c1-4-31(43)41-10-7-20(8-11-41)38-27-15-23-26(16-29(27)44-3)36-18-37-32(23)39-21-5-6-28(24(33)13-21)45-30-9-12-42(40-30)22-14-25(34)19(2)35-17-22/h4-6,9,12-18,20,38H,1,7-8,10-11H2,2-3H3,(H,36,37,39). The largest absolute Gasteiger partial charge is 0.495 e. The third kappa shape index (κ3) is 6.50. The van der Waals surface area contributed by atoms with Crippen molar-refractivity contribution in [3.63, 3.8) is 0 Å². The summed E-state index contributed by atoms with van der Waals surface area (Å²) in [6, 6.07) is 12.3. The van der Waals surface area contributed by atoms with Crippen LogP contribution in [0, 0.1) is 12.7 Å². The van der Waals surface area contributed by atoms with E-state index in [0.717, 1.165) is 23.9 Å². The summed E-state index contributed by atoms with van der Waals surface area (Å²) in [6.45, 7) is 6.49. The zero-order chi connectivity index (χ0) is 31.5. The number of nitrogens with one attached hydrogen (secondary N) is 2. The van der Waals surface area contributed by atoms with Crippen LogP contribution in [0.3, 0.4) is 0 Å². The molecule has 1 aliphatic heterocycles. The molecule has 2 aromatic carbocycles. The van der Waals surface area contributed by atoms with Gasteiger partial charge >= 0.3 is 0 Å². The van der Waals surface area contributed by atoms with Crippen LogP contribution < -0.4 is 20.1 Å². The Bertz CT molecular complexity index is 1890. The Balaban J connectivity index is 1.18. The molecule has 3 aromatic heterocycles. The molecule has 0 bridgehead atoms. The number of benzene rings is 2. The van der Waals surface area contributed by atoms with Gasteiger partial charge in [0, 0.05) is 54.6 Å². The number of ether oxygens (including phenoxy) is 2. The van der Waals surface area contributed by atoms with Crippen molar-refractivity contribution < 1.29 is 18.7 Å². The van der Waals surface area contributed by atoms with Gasteiger partial charge in [-0.2, -0.15) is 0 Å². The van der Waals surface area contributed by atoms with Crippen molar-refractivity contribution in [1.29, 1.82) is 0 Å². The molecule has 0 unspecified atom stereocenters. The maximum Gasteiger partial charge on any atom is 0.245 e. The number of methoxy groups -OCH3 is 1. The lowest BCUT2D eigenvalue weighted by Crippen LogP contribution is -2.41. The van der Waals surface area contributed by atoms with Gasteiger partial charge in [0.1, 0.15) is 29.5 Å². The van der Waals surface area contributed by atoms with E-state index in [-0.39, 0.29) is 17.8 Å². The molecule has 2 N–H and O–H groups in total. The zero-order valence-electron chi connectivity index (χ0n) is 24.6. The monoisotopic (exact) mass is 628 g/mol. The number of carbonyl (C=O) groups excluding carboxylic acids is 1. The number of anilines is 3. The molecule has 1 amide bonds. The Morgan fingerprint density at radius 2 is 1.93 bits per heavy atom. The smallest absolute Gasteiger partial charge is 0.245 e. The lowest BCUT2D eigenvalue weighted by Gasteiger charge is -2.32. The van der Waals surface area contributed by atoms with Crippen LogP contribution in [0.5, 0.6) is 17.4 Å². The van der Waals surface area contributed by atoms with Crippen LogP contribution in [0.2, 0.25) is 5.02 Å². The number of nitrogens with zero attached hydrogens (tertiary/aromatic N) is 6. The number of pyridine rings is 1. The van der Waals surface area contributed by atoms with Crippen molar-refractivity contribution >= 4 is 45.6 Å². The number of amides is 1. The number of aromatic nitrogens is 5. The molecule has 0 radical (unpaired) electrons. The molecule has 0 spiro atoms. The molecule has 0 atom stereocenters. The predicted molar refractivity (Wildman–Crippen MR) is 170 cm³/mol. The van der Waals surface area contributed by atoms with Crippen LogP contribution in [-0.2, 0) is 4.79 Å². The van der Waals surface area contributed by atoms with E-state index in [0.29, 0.717) is 58.0 Å². The number of hydrogen-bond acceptors (Lipinski definition) is 9. The molecule has 1 aliphatic rings. The minimum atomic E-state index is -0.418. The fraction of sp³-hybridized carbons (Fsp3) is 0.219. The van der Waals surface area contributed by atoms with Crippen molar-refractivity contribution in [1.82, 2.24) is 29.6 Å². The van der Waals surface area contributed by atoms with Crippen LogP contribution in [0.15, 0.2) is 73.8 Å². The molecule has 13 heteroatoms. The fourth-order valence-electron chi connectivity index (χ4n) is 5.10. The van der Waals surface area contributed by atoms with Gasteiger partial charge in [-0.3, -0.25) is 9.78 Å². The summed E-state index contributed by atoms with van der Waals surface area (Å²) in [6.07, 6.45) is 7.61. The Kier molecular flexibility index (Phi) is 8.47. The molecule has 4 heterocycles. The van der Waals surface area contributed by atoms with Gasteiger partial charge in [0.15, 0.2) is 0 Å². The van der Waals surface area contributed by atoms with Crippen LogP contribution in [0.4, 0.5) is 21.6 Å². The molecule has 11 nitrogen and oxygen atoms in total. The van der Waals surface area contributed by atoms with Crippen LogP contribution >= 0.6 is 11.6 Å². The summed E-state index contributed by atoms with van der Waals surface area (Å²) in [5, 5.41) is 12.4. The maximum absolute atomic E-state index is 14.0. The van der Waals surface area contributed by atoms with Gasteiger partial charge in [-0.15, -0.1) is 5.10 Å². The first-order chi connectivity index (χ1) is 21.8. The topological polar surface area (TPSA) is 119 Å². The summed E-state index contributed by atoms with van der Waals surface area (Å²) in [4.78, 5) is 26.7. The first-order valence-corrected chi connectivity index (χ1v) is 14.6. The first kappa shape index (κ1) is 29.8. The number of piperidine rings is 1. The average Bonchev–Trinajstić information content (AvgIpc) is 3.52. The second-order valence-electron chi connectivity index (χ2n) is 10.5. The number of hydrogen-bond donors (Lipinski definition) is 2. The number of rotatable bonds is 9. The third-order valence-corrected chi connectivity index (χ3v) is 7.84. The van der Waals surface area contributed by atoms with Crippen molar-refractivity contribution in [2.24, 2.45) is 0 Å². The molecule has 0 saturated carbocycles. The van der Waals surface area contributed by atoms with Crippen molar-refractivity contribution in [3.8, 4) is 23.1 Å². The van der Waals surface area contributed by atoms with E-state index in [4.69, 9.17) is 21.1 Å². The van der Waals surface area contributed by atoms with E-state index >= 15 is 0 Å². The highest BCUT2D eigenvalue weighted by Crippen LogP contribution is 2.36. The van der Waals surface area contributed by atoms with E-state index in [1.807, 2.05) is 18.2 Å². The van der Waals surface area contributed by atoms with Crippen LogP contribution in [-0.4, -0.2) is 61.8 Å². The lowest BCUT2D eigenvalue weighted by molar-refractivity contribution is -0.126. The molecule has 0 aliphatic carbocycles. The third-order valence-electron chi connectivity index (χ3n) is 7.55. The van der Waals surface area contributed by atoms with E-state index in [9.17, 15) is 9.18 Å². The SMILES string of the molecule is C=CC(=O)N1CCC(Nc2cc3c(Nc4ccc(Oc5ccn(-c6cnc(C)c(F)c6)n5)c(Cl)c4)ncnc3cc2OC)CC1. The Morgan fingerprint density at radius 1 is 1.11 bits per heavy atom. The minimum Gasteiger partial charge on any atom is -0.495 e. The van der Waals surface area contributed by atoms with Crippen molar-refractivity contribution in [2.75, 3.05) is 30.8 Å². The van der Waals surface area contributed by atoms with Crippen LogP contribution in [0.25, 0.3) is 16.6 Å². The highest BCUT2D eigenvalue weighted by atomic mass is 35.5. The summed E-state index contributed by atoms with van der Waals surface area (Å²) in [7, 11) is 1.62. The summed E-state index contributed by atoms with van der Waals surface area (Å²) in [5.74, 6) is 1.46. The Labute approximate surface area is 263 Å². The van der Waals surface area contributed by atoms with E-state index in [1.54, 1.807) is 43.3 Å². The second-order valence-corrected chi connectivity index (χ2v) is 10.9. The normalized spacial score (nSPS) is 13.5. The van der Waals surface area contributed by atoms with Gasteiger partial charge in [-0.1, -0.05) is 18.2 Å². The fourth-order valence-corrected chi connectivity index (χ4v) is 5.32. The number of halogens is 2. The van der Waals surface area contributed by atoms with Crippen LogP contribution in [0.1, 0.15) is 18.5 Å². The van der Waals surface area contributed by atoms with E-state index in [2.05, 4.69) is 37.3 Å². The molecule has 1 saturated heterocycles. The predicted octanol–water partition coefficient (Wildman–Crippen LogP) is 6.44. The molecule has 45 heavy (non-hydrogen) atoms. The molecule has 230 valence electrons. The molecule has 1 fully saturated rings. The van der Waals surface area contributed by atoms with Crippen molar-refractivity contribution in [2.45, 2.75) is 25.8 Å². The molecular formula is C32H30ClFN8O3. The number of aryl methyl sites for hydroxylation is 1. The summed E-state index contributed by atoms with van der Waals surface area (Å²) >= 11 is 6.59. The minimum absolute atomic E-state index is 0.0474. The summed E-state index contributed by atoms with van der Waals surface area (Å²) < 4.78 is 27.0. The molecule has 6 rings (SSSR count). The van der Waals surface area contributed by atoms with E-state index < -0.39 is 5.82 Å². The van der Waals surface area contributed by atoms with Gasteiger partial charge in [-0.25, -0.2) is 19.0 Å². The molecule has 5 aromatic rings. The van der Waals surface area contributed by atoms with Gasteiger partial charge in [0.2, 0.25) is 11.8 Å². The van der Waals surface area contributed by atoms with Gasteiger partial charge in [-0.05, 0) is 50.1 Å². The molecular weight excluding hydrogens is 599 g/mol. The quantitative estimate of drug-likeness (QED) is 0.178. The summed E-state index contributed by atoms with van der Waals surface area (Å²) in [5.41, 5.74) is 2.97. The van der Waals surface area contributed by atoms with Gasteiger partial charge < -0.3 is 25.0 Å². The Morgan fingerprint density at radius 3 is 2.67 bits per heavy atom. The van der Waals surface area contributed by atoms with Gasteiger partial charge in [0.05, 0.1) is 40.9 Å². The lowest BCUT2D eigenvalue weighted by atomic mass is 10.0. The second kappa shape index (κ2) is 12.8. The first-order valence-electron chi connectivity index (χ1n) is 14.2. The zero-order valence-corrected chi connectivity index (χ0v) is 25.4. The highest BCUT2D eigenvalue weighted by molar-refractivity contribution is 6.32. The number of carbonyl (C=O) groups is 1. The van der Waals surface area contributed by atoms with Gasteiger partial charge in [0.25, 0.3) is 0 Å². The highest BCUT2D eigenvalue weighted by Gasteiger charge is 2.23. The number of likely N-dealkylation sites (tertiary alicyclic amines) is 1. The number of fused-ring (bicyclic) bond motifs is 1. The average molecular weight is 629 g/mol. The Hall–Kier alpha value is -5.23.